The molecule has 0 saturated carbocycles. The van der Waals surface area contributed by atoms with Crippen LogP contribution in [0.1, 0.15) is 18.2 Å². The number of thiophene rings is 1. The Morgan fingerprint density at radius 2 is 2.17 bits per heavy atom. The van der Waals surface area contributed by atoms with Gasteiger partial charge in [0, 0.05) is 19.6 Å². The van der Waals surface area contributed by atoms with Crippen LogP contribution >= 0.6 is 11.3 Å². The van der Waals surface area contributed by atoms with Gasteiger partial charge in [0.15, 0.2) is 0 Å². The van der Waals surface area contributed by atoms with Crippen LogP contribution in [0.4, 0.5) is 5.82 Å². The molecule has 2 rings (SSSR count). The molecule has 0 aliphatic rings. The summed E-state index contributed by atoms with van der Waals surface area (Å²) in [5, 5.41) is 7.42. The van der Waals surface area contributed by atoms with Crippen LogP contribution in [-0.2, 0) is 13.1 Å². The summed E-state index contributed by atoms with van der Waals surface area (Å²) in [6.45, 7) is 4.67. The first kappa shape index (κ1) is 13.0. The number of nitrogens with one attached hydrogen (secondary N) is 1. The number of hydrogen-bond donors (Lipinski definition) is 1. The second-order valence-electron chi connectivity index (χ2n) is 4.23. The molecule has 0 atom stereocenters. The molecule has 0 radical (unpaired) electrons. The van der Waals surface area contributed by atoms with Crippen molar-refractivity contribution >= 4 is 17.2 Å². The molecule has 0 saturated heterocycles. The molecular formula is C13H18N4S. The van der Waals surface area contributed by atoms with E-state index in [0.717, 1.165) is 31.1 Å². The van der Waals surface area contributed by atoms with Crippen LogP contribution in [0, 0.1) is 0 Å². The van der Waals surface area contributed by atoms with Crippen molar-refractivity contribution in [3.8, 4) is 0 Å². The monoisotopic (exact) mass is 262 g/mol. The third kappa shape index (κ3) is 3.78. The fraction of sp³-hybridized carbons (Fsp3) is 0.385. The lowest BCUT2D eigenvalue weighted by Crippen LogP contribution is -2.17. The van der Waals surface area contributed by atoms with Gasteiger partial charge in [-0.25, -0.2) is 4.98 Å². The summed E-state index contributed by atoms with van der Waals surface area (Å²) in [6, 6.07) is 2.15. The van der Waals surface area contributed by atoms with E-state index in [9.17, 15) is 0 Å². The SMILES string of the molecule is CCNc1cnc(CN(C)Cc2ccsc2)cn1. The smallest absolute Gasteiger partial charge is 0.144 e. The molecule has 0 spiro atoms. The zero-order valence-electron chi connectivity index (χ0n) is 10.8. The van der Waals surface area contributed by atoms with Crippen molar-refractivity contribution in [2.24, 2.45) is 0 Å². The van der Waals surface area contributed by atoms with E-state index in [4.69, 9.17) is 0 Å². The Morgan fingerprint density at radius 3 is 2.78 bits per heavy atom. The summed E-state index contributed by atoms with van der Waals surface area (Å²) < 4.78 is 0. The van der Waals surface area contributed by atoms with Gasteiger partial charge in [-0.15, -0.1) is 0 Å². The van der Waals surface area contributed by atoms with Crippen molar-refractivity contribution in [2.75, 3.05) is 18.9 Å². The van der Waals surface area contributed by atoms with Crippen molar-refractivity contribution in [3.63, 3.8) is 0 Å². The van der Waals surface area contributed by atoms with E-state index < -0.39 is 0 Å². The number of anilines is 1. The minimum Gasteiger partial charge on any atom is -0.369 e. The first-order valence-electron chi connectivity index (χ1n) is 6.02. The molecule has 4 nitrogen and oxygen atoms in total. The lowest BCUT2D eigenvalue weighted by atomic mass is 10.3. The maximum Gasteiger partial charge on any atom is 0.144 e. The van der Waals surface area contributed by atoms with Crippen LogP contribution in [0.25, 0.3) is 0 Å². The van der Waals surface area contributed by atoms with Crippen LogP contribution in [0.5, 0.6) is 0 Å². The predicted octanol–water partition coefficient (Wildman–Crippen LogP) is 2.60. The van der Waals surface area contributed by atoms with Crippen LogP contribution in [0.15, 0.2) is 29.2 Å². The van der Waals surface area contributed by atoms with Gasteiger partial charge in [0.05, 0.1) is 18.1 Å². The third-order valence-electron chi connectivity index (χ3n) is 2.53. The standard InChI is InChI=1S/C13H18N4S/c1-3-14-13-7-15-12(6-16-13)9-17(2)8-11-4-5-18-10-11/h4-7,10H,3,8-9H2,1-2H3,(H,14,16). The maximum absolute atomic E-state index is 4.40. The van der Waals surface area contributed by atoms with E-state index in [1.54, 1.807) is 17.5 Å². The molecular weight excluding hydrogens is 244 g/mol. The first-order valence-corrected chi connectivity index (χ1v) is 6.96. The summed E-state index contributed by atoms with van der Waals surface area (Å²) in [5.74, 6) is 0.835. The van der Waals surface area contributed by atoms with Gasteiger partial charge in [0.1, 0.15) is 5.82 Å². The Balaban J connectivity index is 1.88. The Hall–Kier alpha value is -1.46. The van der Waals surface area contributed by atoms with Crippen molar-refractivity contribution in [1.82, 2.24) is 14.9 Å². The molecule has 0 unspecified atom stereocenters. The van der Waals surface area contributed by atoms with Gasteiger partial charge in [-0.1, -0.05) is 0 Å². The molecule has 0 aliphatic heterocycles. The topological polar surface area (TPSA) is 41.1 Å². The molecule has 2 aromatic rings. The van der Waals surface area contributed by atoms with Gasteiger partial charge >= 0.3 is 0 Å². The Bertz CT molecular complexity index is 452. The molecule has 0 aliphatic carbocycles. The minimum atomic E-state index is 0.815. The van der Waals surface area contributed by atoms with E-state index in [2.05, 4.69) is 44.1 Å². The van der Waals surface area contributed by atoms with Crippen LogP contribution < -0.4 is 5.32 Å². The first-order chi connectivity index (χ1) is 8.78. The van der Waals surface area contributed by atoms with E-state index in [0.29, 0.717) is 0 Å². The fourth-order valence-corrected chi connectivity index (χ4v) is 2.40. The highest BCUT2D eigenvalue weighted by Crippen LogP contribution is 2.10. The molecule has 0 bridgehead atoms. The summed E-state index contributed by atoms with van der Waals surface area (Å²) in [6.07, 6.45) is 3.62. The lowest BCUT2D eigenvalue weighted by molar-refractivity contribution is 0.315. The van der Waals surface area contributed by atoms with Crippen molar-refractivity contribution in [1.29, 1.82) is 0 Å². The minimum absolute atomic E-state index is 0.815. The summed E-state index contributed by atoms with van der Waals surface area (Å²) >= 11 is 1.73. The van der Waals surface area contributed by atoms with Crippen LogP contribution in [-0.4, -0.2) is 28.5 Å². The summed E-state index contributed by atoms with van der Waals surface area (Å²) in [4.78, 5) is 11.0. The highest BCUT2D eigenvalue weighted by Gasteiger charge is 2.04. The van der Waals surface area contributed by atoms with Gasteiger partial charge < -0.3 is 5.32 Å². The fourth-order valence-electron chi connectivity index (χ4n) is 1.74. The van der Waals surface area contributed by atoms with E-state index in [-0.39, 0.29) is 0 Å². The van der Waals surface area contributed by atoms with Gasteiger partial charge in [-0.05, 0) is 36.4 Å². The largest absolute Gasteiger partial charge is 0.369 e. The number of hydrogen-bond acceptors (Lipinski definition) is 5. The Morgan fingerprint density at radius 1 is 1.28 bits per heavy atom. The van der Waals surface area contributed by atoms with Crippen LogP contribution in [0.3, 0.4) is 0 Å². The summed E-state index contributed by atoms with van der Waals surface area (Å²) in [5.41, 5.74) is 2.34. The molecule has 0 amide bonds. The zero-order valence-corrected chi connectivity index (χ0v) is 11.6. The summed E-state index contributed by atoms with van der Waals surface area (Å²) in [7, 11) is 2.09. The Labute approximate surface area is 112 Å². The predicted molar refractivity (Wildman–Crippen MR) is 75.7 cm³/mol. The number of rotatable bonds is 6. The molecule has 96 valence electrons. The van der Waals surface area contributed by atoms with E-state index in [1.165, 1.54) is 5.56 Å². The molecule has 0 fully saturated rings. The van der Waals surface area contributed by atoms with Crippen molar-refractivity contribution in [3.05, 3.63) is 40.5 Å². The van der Waals surface area contributed by atoms with E-state index >= 15 is 0 Å². The van der Waals surface area contributed by atoms with Crippen molar-refractivity contribution in [2.45, 2.75) is 20.0 Å². The average molecular weight is 262 g/mol. The second-order valence-corrected chi connectivity index (χ2v) is 5.01. The molecule has 2 aromatic heterocycles. The van der Waals surface area contributed by atoms with Gasteiger partial charge in [-0.2, -0.15) is 11.3 Å². The molecule has 18 heavy (non-hydrogen) atoms. The maximum atomic E-state index is 4.40. The second kappa shape index (κ2) is 6.47. The average Bonchev–Trinajstić information content (AvgIpc) is 2.84. The lowest BCUT2D eigenvalue weighted by Gasteiger charge is -2.15. The van der Waals surface area contributed by atoms with Crippen molar-refractivity contribution < 1.29 is 0 Å². The molecule has 5 heteroatoms. The third-order valence-corrected chi connectivity index (χ3v) is 3.26. The molecule has 2 heterocycles. The highest BCUT2D eigenvalue weighted by molar-refractivity contribution is 7.07. The number of aromatic nitrogens is 2. The number of nitrogens with zero attached hydrogens (tertiary/aromatic N) is 3. The molecule has 0 aromatic carbocycles. The Kier molecular flexibility index (Phi) is 4.66. The van der Waals surface area contributed by atoms with Gasteiger partial charge in [0.25, 0.3) is 0 Å². The van der Waals surface area contributed by atoms with Crippen LogP contribution in [0.2, 0.25) is 0 Å². The van der Waals surface area contributed by atoms with Gasteiger partial charge in [-0.3, -0.25) is 9.88 Å². The molecule has 1 N–H and O–H groups in total. The van der Waals surface area contributed by atoms with E-state index in [1.807, 2.05) is 13.1 Å². The highest BCUT2D eigenvalue weighted by atomic mass is 32.1. The normalized spacial score (nSPS) is 10.8. The quantitative estimate of drug-likeness (QED) is 0.869. The van der Waals surface area contributed by atoms with Gasteiger partial charge in [0.2, 0.25) is 0 Å². The zero-order chi connectivity index (χ0) is 12.8.